The zero-order valence-corrected chi connectivity index (χ0v) is 18.2. The van der Waals surface area contributed by atoms with Crippen LogP contribution in [0.5, 0.6) is 0 Å². The van der Waals surface area contributed by atoms with E-state index in [1.165, 1.54) is 16.4 Å². The van der Waals surface area contributed by atoms with E-state index >= 15 is 0 Å². The first-order chi connectivity index (χ1) is 15.4. The van der Waals surface area contributed by atoms with Crippen LogP contribution in [0, 0.1) is 10.1 Å². The number of anilines is 2. The van der Waals surface area contributed by atoms with E-state index in [-0.39, 0.29) is 16.3 Å². The molecule has 0 amide bonds. The molecule has 1 aromatic carbocycles. The number of benzene rings is 1. The Bertz CT molecular complexity index is 1190. The molecule has 1 fully saturated rings. The van der Waals surface area contributed by atoms with Crippen LogP contribution in [0.1, 0.15) is 25.0 Å². The molecule has 0 spiro atoms. The number of hydrogen-bond acceptors (Lipinski definition) is 7. The van der Waals surface area contributed by atoms with E-state index in [0.29, 0.717) is 31.9 Å². The molecule has 1 N–H and O–H groups in total. The number of rotatable bonds is 8. The summed E-state index contributed by atoms with van der Waals surface area (Å²) < 4.78 is 28.9. The van der Waals surface area contributed by atoms with E-state index in [1.807, 2.05) is 18.2 Å². The van der Waals surface area contributed by atoms with E-state index in [2.05, 4.69) is 15.4 Å². The Hall–Kier alpha value is -3.31. The average Bonchev–Trinajstić information content (AvgIpc) is 3.26. The highest BCUT2D eigenvalue weighted by Gasteiger charge is 2.28. The number of piperidine rings is 1. The van der Waals surface area contributed by atoms with E-state index in [9.17, 15) is 18.5 Å². The van der Waals surface area contributed by atoms with E-state index in [1.54, 1.807) is 23.1 Å². The second-order valence-corrected chi connectivity index (χ2v) is 9.50. The summed E-state index contributed by atoms with van der Waals surface area (Å²) in [6.07, 6.45) is 6.79. The van der Waals surface area contributed by atoms with Crippen LogP contribution in [0.3, 0.4) is 0 Å². The molecule has 32 heavy (non-hydrogen) atoms. The molecule has 1 aliphatic heterocycles. The number of pyridine rings is 1. The van der Waals surface area contributed by atoms with Crippen molar-refractivity contribution >= 4 is 27.2 Å². The summed E-state index contributed by atoms with van der Waals surface area (Å²) in [7, 11) is -3.76. The van der Waals surface area contributed by atoms with Crippen molar-refractivity contribution < 1.29 is 13.3 Å². The third-order valence-corrected chi connectivity index (χ3v) is 7.24. The van der Waals surface area contributed by atoms with Crippen molar-refractivity contribution in [2.24, 2.45) is 0 Å². The SMILES string of the molecule is O=[N+]([O-])c1cc(S(=O)(=O)N2CCCCC2)ccc1Nc1ccn(CCc2ccccn2)n1. The standard InChI is InChI=1S/C21H24N6O4S/c28-27(29)20-16-18(32(30,31)26-12-4-1-5-13-26)7-8-19(20)23-21-10-15-25(24-21)14-9-17-6-2-3-11-22-17/h2-3,6-8,10-11,15-16H,1,4-5,9,12-14H2,(H,23,24). The molecule has 3 aromatic rings. The largest absolute Gasteiger partial charge is 0.333 e. The first kappa shape index (κ1) is 21.9. The number of nitro groups is 1. The lowest BCUT2D eigenvalue weighted by Crippen LogP contribution is -2.35. The molecule has 10 nitrogen and oxygen atoms in total. The minimum Gasteiger partial charge on any atom is -0.333 e. The monoisotopic (exact) mass is 456 g/mol. The van der Waals surface area contributed by atoms with Crippen LogP contribution < -0.4 is 5.32 Å². The first-order valence-corrected chi connectivity index (χ1v) is 11.9. The average molecular weight is 457 g/mol. The molecule has 1 aliphatic rings. The van der Waals surface area contributed by atoms with Gasteiger partial charge in [0, 0.05) is 56.3 Å². The molecule has 0 atom stereocenters. The van der Waals surface area contributed by atoms with Gasteiger partial charge in [0.2, 0.25) is 10.0 Å². The number of hydrogen-bond donors (Lipinski definition) is 1. The maximum Gasteiger partial charge on any atom is 0.294 e. The summed E-state index contributed by atoms with van der Waals surface area (Å²) in [5, 5.41) is 19.0. The van der Waals surface area contributed by atoms with Crippen molar-refractivity contribution in [3.8, 4) is 0 Å². The Labute approximate surface area is 186 Å². The van der Waals surface area contributed by atoms with Gasteiger partial charge in [-0.05, 0) is 37.1 Å². The number of sulfonamides is 1. The van der Waals surface area contributed by atoms with Crippen LogP contribution >= 0.6 is 0 Å². The molecule has 168 valence electrons. The number of nitrogens with one attached hydrogen (secondary N) is 1. The Morgan fingerprint density at radius 2 is 1.91 bits per heavy atom. The van der Waals surface area contributed by atoms with Gasteiger partial charge in [-0.1, -0.05) is 12.5 Å². The zero-order valence-electron chi connectivity index (χ0n) is 17.4. The summed E-state index contributed by atoms with van der Waals surface area (Å²) in [5.41, 5.74) is 0.812. The number of aryl methyl sites for hydroxylation is 2. The van der Waals surface area contributed by atoms with Crippen molar-refractivity contribution in [2.45, 2.75) is 37.1 Å². The van der Waals surface area contributed by atoms with Crippen molar-refractivity contribution in [3.63, 3.8) is 0 Å². The predicted octanol–water partition coefficient (Wildman–Crippen LogP) is 3.35. The van der Waals surface area contributed by atoms with Gasteiger partial charge in [0.25, 0.3) is 5.69 Å². The Kier molecular flexibility index (Phi) is 6.47. The molecule has 3 heterocycles. The molecular formula is C21H24N6O4S. The minimum absolute atomic E-state index is 0.0717. The molecular weight excluding hydrogens is 432 g/mol. The molecule has 0 aliphatic carbocycles. The molecule has 0 saturated carbocycles. The fourth-order valence-corrected chi connectivity index (χ4v) is 5.19. The third kappa shape index (κ3) is 4.94. The third-order valence-electron chi connectivity index (χ3n) is 5.35. The maximum atomic E-state index is 12.9. The van der Waals surface area contributed by atoms with E-state index in [0.717, 1.165) is 31.0 Å². The number of nitrogens with zero attached hydrogens (tertiary/aromatic N) is 5. The minimum atomic E-state index is -3.76. The van der Waals surface area contributed by atoms with Crippen LogP contribution in [0.4, 0.5) is 17.2 Å². The fraction of sp³-hybridized carbons (Fsp3) is 0.333. The van der Waals surface area contributed by atoms with Gasteiger partial charge in [-0.3, -0.25) is 19.8 Å². The van der Waals surface area contributed by atoms with Crippen molar-refractivity contribution in [2.75, 3.05) is 18.4 Å². The van der Waals surface area contributed by atoms with Crippen molar-refractivity contribution in [3.05, 3.63) is 70.7 Å². The van der Waals surface area contributed by atoms with Crippen LogP contribution in [-0.4, -0.2) is 45.5 Å². The molecule has 2 aromatic heterocycles. The predicted molar refractivity (Wildman–Crippen MR) is 119 cm³/mol. The number of aromatic nitrogens is 3. The van der Waals surface area contributed by atoms with Crippen molar-refractivity contribution in [1.82, 2.24) is 19.1 Å². The topological polar surface area (TPSA) is 123 Å². The highest BCUT2D eigenvalue weighted by atomic mass is 32.2. The quantitative estimate of drug-likeness (QED) is 0.407. The Morgan fingerprint density at radius 3 is 2.62 bits per heavy atom. The maximum absolute atomic E-state index is 12.9. The van der Waals surface area contributed by atoms with Gasteiger partial charge in [-0.25, -0.2) is 8.42 Å². The summed E-state index contributed by atoms with van der Waals surface area (Å²) in [6.45, 7) is 1.48. The Morgan fingerprint density at radius 1 is 1.09 bits per heavy atom. The molecule has 1 saturated heterocycles. The molecule has 11 heteroatoms. The zero-order chi connectivity index (χ0) is 22.6. The summed E-state index contributed by atoms with van der Waals surface area (Å²) in [5.74, 6) is 0.431. The summed E-state index contributed by atoms with van der Waals surface area (Å²) in [6, 6.07) is 11.4. The Balaban J connectivity index is 1.50. The lowest BCUT2D eigenvalue weighted by Gasteiger charge is -2.25. The van der Waals surface area contributed by atoms with Gasteiger partial charge in [0.1, 0.15) is 5.69 Å². The highest BCUT2D eigenvalue weighted by Crippen LogP contribution is 2.31. The molecule has 0 radical (unpaired) electrons. The first-order valence-electron chi connectivity index (χ1n) is 10.4. The molecule has 4 rings (SSSR count). The van der Waals surface area contributed by atoms with Gasteiger partial charge in [0.05, 0.1) is 9.82 Å². The summed E-state index contributed by atoms with van der Waals surface area (Å²) in [4.78, 5) is 15.3. The van der Waals surface area contributed by atoms with Crippen LogP contribution in [0.25, 0.3) is 0 Å². The highest BCUT2D eigenvalue weighted by molar-refractivity contribution is 7.89. The van der Waals surface area contributed by atoms with Crippen LogP contribution in [-0.2, 0) is 23.0 Å². The smallest absolute Gasteiger partial charge is 0.294 e. The van der Waals surface area contributed by atoms with Gasteiger partial charge in [0.15, 0.2) is 5.82 Å². The van der Waals surface area contributed by atoms with Crippen LogP contribution in [0.2, 0.25) is 0 Å². The fourth-order valence-electron chi connectivity index (χ4n) is 3.65. The summed E-state index contributed by atoms with van der Waals surface area (Å²) >= 11 is 0. The molecule has 0 bridgehead atoms. The van der Waals surface area contributed by atoms with Crippen molar-refractivity contribution in [1.29, 1.82) is 0 Å². The number of nitro benzene ring substituents is 1. The van der Waals surface area contributed by atoms with E-state index < -0.39 is 14.9 Å². The van der Waals surface area contributed by atoms with Gasteiger partial charge >= 0.3 is 0 Å². The normalized spacial score (nSPS) is 14.9. The lowest BCUT2D eigenvalue weighted by molar-refractivity contribution is -0.384. The second kappa shape index (κ2) is 9.45. The van der Waals surface area contributed by atoms with Gasteiger partial charge < -0.3 is 5.32 Å². The molecule has 0 unspecified atom stereocenters. The van der Waals surface area contributed by atoms with E-state index in [4.69, 9.17) is 0 Å². The lowest BCUT2D eigenvalue weighted by atomic mass is 10.2. The van der Waals surface area contributed by atoms with Gasteiger partial charge in [-0.2, -0.15) is 9.40 Å². The van der Waals surface area contributed by atoms with Gasteiger partial charge in [-0.15, -0.1) is 0 Å². The van der Waals surface area contributed by atoms with Crippen LogP contribution in [0.15, 0.2) is 59.8 Å². The second-order valence-electron chi connectivity index (χ2n) is 7.56.